The Bertz CT molecular complexity index is 512. The summed E-state index contributed by atoms with van der Waals surface area (Å²) in [6.07, 6.45) is 3.03. The standard InChI is InChI=1S/C17H24N2O4/c1-2-22-14-7-9-15(10-8-14)23-11-3-4-16(20)18-12-17(21)19-13-5-6-13/h7-10,13H,2-6,11-12H2,1H3,(H,18,20)(H,19,21). The van der Waals surface area contributed by atoms with Crippen molar-refractivity contribution in [2.75, 3.05) is 19.8 Å². The summed E-state index contributed by atoms with van der Waals surface area (Å²) in [7, 11) is 0. The number of carbonyl (C=O) groups is 2. The van der Waals surface area contributed by atoms with E-state index in [4.69, 9.17) is 9.47 Å². The van der Waals surface area contributed by atoms with Crippen molar-refractivity contribution in [3.8, 4) is 11.5 Å². The van der Waals surface area contributed by atoms with Crippen molar-refractivity contribution in [2.24, 2.45) is 0 Å². The highest BCUT2D eigenvalue weighted by Crippen LogP contribution is 2.18. The summed E-state index contributed by atoms with van der Waals surface area (Å²) in [5, 5.41) is 5.44. The molecule has 2 rings (SSSR count). The lowest BCUT2D eigenvalue weighted by molar-refractivity contribution is -0.126. The van der Waals surface area contributed by atoms with Crippen molar-refractivity contribution in [2.45, 2.75) is 38.6 Å². The minimum atomic E-state index is -0.133. The zero-order chi connectivity index (χ0) is 16.5. The summed E-state index contributed by atoms with van der Waals surface area (Å²) < 4.78 is 10.9. The fourth-order valence-corrected chi connectivity index (χ4v) is 2.00. The van der Waals surface area contributed by atoms with Gasteiger partial charge in [0.2, 0.25) is 11.8 Å². The van der Waals surface area contributed by atoms with Gasteiger partial charge in [0.1, 0.15) is 11.5 Å². The quantitative estimate of drug-likeness (QED) is 0.643. The minimum absolute atomic E-state index is 0.0507. The van der Waals surface area contributed by atoms with Crippen molar-refractivity contribution < 1.29 is 19.1 Å². The van der Waals surface area contributed by atoms with Crippen molar-refractivity contribution in [1.82, 2.24) is 10.6 Å². The van der Waals surface area contributed by atoms with Crippen molar-refractivity contribution in [3.63, 3.8) is 0 Å². The number of carbonyl (C=O) groups excluding carboxylic acids is 2. The third-order valence-electron chi connectivity index (χ3n) is 3.34. The molecule has 0 heterocycles. The van der Waals surface area contributed by atoms with Crippen molar-refractivity contribution in [1.29, 1.82) is 0 Å². The molecule has 1 aliphatic rings. The molecule has 1 aliphatic carbocycles. The molecule has 0 aromatic heterocycles. The van der Waals surface area contributed by atoms with Crippen LogP contribution < -0.4 is 20.1 Å². The van der Waals surface area contributed by atoms with E-state index in [-0.39, 0.29) is 18.4 Å². The normalized spacial score (nSPS) is 13.3. The predicted octanol–water partition coefficient (Wildman–Crippen LogP) is 1.64. The molecule has 1 saturated carbocycles. The molecular weight excluding hydrogens is 296 g/mol. The van der Waals surface area contributed by atoms with Gasteiger partial charge in [0, 0.05) is 12.5 Å². The van der Waals surface area contributed by atoms with Gasteiger partial charge in [-0.2, -0.15) is 0 Å². The number of hydrogen-bond acceptors (Lipinski definition) is 4. The number of hydrogen-bond donors (Lipinski definition) is 2. The molecule has 0 radical (unpaired) electrons. The van der Waals surface area contributed by atoms with E-state index in [1.807, 2.05) is 31.2 Å². The molecule has 1 fully saturated rings. The summed E-state index contributed by atoms with van der Waals surface area (Å²) in [4.78, 5) is 23.0. The molecular formula is C17H24N2O4. The van der Waals surface area contributed by atoms with Crippen LogP contribution in [0, 0.1) is 0 Å². The lowest BCUT2D eigenvalue weighted by atomic mass is 10.3. The van der Waals surface area contributed by atoms with Crippen LogP contribution in [0.25, 0.3) is 0 Å². The number of benzene rings is 1. The molecule has 0 spiro atoms. The summed E-state index contributed by atoms with van der Waals surface area (Å²) in [6, 6.07) is 7.70. The first-order valence-electron chi connectivity index (χ1n) is 8.09. The number of amides is 2. The van der Waals surface area contributed by atoms with E-state index in [9.17, 15) is 9.59 Å². The smallest absolute Gasteiger partial charge is 0.239 e. The molecule has 6 nitrogen and oxygen atoms in total. The van der Waals surface area contributed by atoms with Gasteiger partial charge < -0.3 is 20.1 Å². The second-order valence-corrected chi connectivity index (χ2v) is 5.47. The molecule has 2 amide bonds. The molecule has 0 atom stereocenters. The molecule has 0 unspecified atom stereocenters. The van der Waals surface area contributed by atoms with Crippen LogP contribution in [0.3, 0.4) is 0 Å². The van der Waals surface area contributed by atoms with Crippen LogP contribution in [0.15, 0.2) is 24.3 Å². The van der Waals surface area contributed by atoms with E-state index >= 15 is 0 Å². The van der Waals surface area contributed by atoms with E-state index in [1.54, 1.807) is 0 Å². The fraction of sp³-hybridized carbons (Fsp3) is 0.529. The Labute approximate surface area is 136 Å². The van der Waals surface area contributed by atoms with Crippen LogP contribution >= 0.6 is 0 Å². The van der Waals surface area contributed by atoms with Gasteiger partial charge in [-0.1, -0.05) is 0 Å². The number of rotatable bonds is 10. The number of nitrogens with one attached hydrogen (secondary N) is 2. The summed E-state index contributed by atoms with van der Waals surface area (Å²) in [5.74, 6) is 1.30. The van der Waals surface area contributed by atoms with E-state index in [2.05, 4.69) is 10.6 Å². The van der Waals surface area contributed by atoms with Gasteiger partial charge in [-0.3, -0.25) is 9.59 Å². The third kappa shape index (κ3) is 7.04. The lowest BCUT2D eigenvalue weighted by Gasteiger charge is -2.08. The summed E-state index contributed by atoms with van der Waals surface area (Å²) in [5.41, 5.74) is 0. The van der Waals surface area contributed by atoms with Crippen LogP contribution in [-0.4, -0.2) is 37.6 Å². The van der Waals surface area contributed by atoms with Crippen LogP contribution in [0.5, 0.6) is 11.5 Å². The second-order valence-electron chi connectivity index (χ2n) is 5.47. The molecule has 0 aliphatic heterocycles. The highest BCUT2D eigenvalue weighted by Gasteiger charge is 2.23. The topological polar surface area (TPSA) is 76.7 Å². The molecule has 2 N–H and O–H groups in total. The first kappa shape index (κ1) is 17.1. The Kier molecular flexibility index (Phi) is 6.72. The molecule has 0 saturated heterocycles. The third-order valence-corrected chi connectivity index (χ3v) is 3.34. The van der Waals surface area contributed by atoms with Gasteiger partial charge >= 0.3 is 0 Å². The van der Waals surface area contributed by atoms with Crippen LogP contribution in [-0.2, 0) is 9.59 Å². The van der Waals surface area contributed by atoms with Gasteiger partial charge in [-0.05, 0) is 50.5 Å². The summed E-state index contributed by atoms with van der Waals surface area (Å²) in [6.45, 7) is 3.07. The zero-order valence-corrected chi connectivity index (χ0v) is 13.5. The Morgan fingerprint density at radius 1 is 1.09 bits per heavy atom. The molecule has 1 aromatic rings. The van der Waals surface area contributed by atoms with E-state index < -0.39 is 0 Å². The van der Waals surface area contributed by atoms with Gasteiger partial charge in [-0.15, -0.1) is 0 Å². The maximum absolute atomic E-state index is 11.6. The maximum Gasteiger partial charge on any atom is 0.239 e. The largest absolute Gasteiger partial charge is 0.494 e. The van der Waals surface area contributed by atoms with Gasteiger partial charge in [-0.25, -0.2) is 0 Å². The van der Waals surface area contributed by atoms with E-state index in [0.717, 1.165) is 24.3 Å². The molecule has 0 bridgehead atoms. The minimum Gasteiger partial charge on any atom is -0.494 e. The highest BCUT2D eigenvalue weighted by atomic mass is 16.5. The molecule has 23 heavy (non-hydrogen) atoms. The number of ether oxygens (including phenoxy) is 2. The lowest BCUT2D eigenvalue weighted by Crippen LogP contribution is -2.37. The van der Waals surface area contributed by atoms with E-state index in [1.165, 1.54) is 0 Å². The molecule has 1 aromatic carbocycles. The average molecular weight is 320 g/mol. The second kappa shape index (κ2) is 9.02. The first-order chi connectivity index (χ1) is 11.2. The zero-order valence-electron chi connectivity index (χ0n) is 13.5. The summed E-state index contributed by atoms with van der Waals surface area (Å²) >= 11 is 0. The molecule has 126 valence electrons. The van der Waals surface area contributed by atoms with Gasteiger partial charge in [0.15, 0.2) is 0 Å². The van der Waals surface area contributed by atoms with Crippen molar-refractivity contribution >= 4 is 11.8 Å². The van der Waals surface area contributed by atoms with Crippen molar-refractivity contribution in [3.05, 3.63) is 24.3 Å². The van der Waals surface area contributed by atoms with Crippen LogP contribution in [0.1, 0.15) is 32.6 Å². The fourth-order valence-electron chi connectivity index (χ4n) is 2.00. The van der Waals surface area contributed by atoms with Gasteiger partial charge in [0.25, 0.3) is 0 Å². The van der Waals surface area contributed by atoms with Gasteiger partial charge in [0.05, 0.1) is 19.8 Å². The average Bonchev–Trinajstić information content (AvgIpc) is 3.35. The Morgan fingerprint density at radius 2 is 1.74 bits per heavy atom. The van der Waals surface area contributed by atoms with Crippen LogP contribution in [0.4, 0.5) is 0 Å². The first-order valence-corrected chi connectivity index (χ1v) is 8.09. The predicted molar refractivity (Wildman–Crippen MR) is 86.5 cm³/mol. The van der Waals surface area contributed by atoms with E-state index in [0.29, 0.717) is 32.1 Å². The van der Waals surface area contributed by atoms with Crippen LogP contribution in [0.2, 0.25) is 0 Å². The Morgan fingerprint density at radius 3 is 2.35 bits per heavy atom. The Hall–Kier alpha value is -2.24. The monoisotopic (exact) mass is 320 g/mol. The highest BCUT2D eigenvalue weighted by molar-refractivity contribution is 5.84. The molecule has 6 heteroatoms. The maximum atomic E-state index is 11.6. The Balaban J connectivity index is 1.53. The SMILES string of the molecule is CCOc1ccc(OCCCC(=O)NCC(=O)NC2CC2)cc1.